The van der Waals surface area contributed by atoms with E-state index in [0.29, 0.717) is 24.7 Å². The summed E-state index contributed by atoms with van der Waals surface area (Å²) >= 11 is 0. The molecule has 0 atom stereocenters. The van der Waals surface area contributed by atoms with E-state index >= 15 is 0 Å². The number of rotatable bonds is 13. The Labute approximate surface area is 197 Å². The van der Waals surface area contributed by atoms with Gasteiger partial charge in [-0.05, 0) is 23.3 Å². The number of nitrogens with two attached hydrogens (primary N) is 2. The third-order valence-electron chi connectivity index (χ3n) is 4.65. The highest BCUT2D eigenvalue weighted by Crippen LogP contribution is 2.34. The third kappa shape index (κ3) is 9.03. The molecule has 0 aliphatic heterocycles. The molecule has 3 aromatic rings. The molecule has 34 heavy (non-hydrogen) atoms. The number of hydrogen-bond acceptors (Lipinski definition) is 7. The lowest BCUT2D eigenvalue weighted by Gasteiger charge is -2.06. The number of allylic oxidation sites excluding steroid dienone is 2. The van der Waals surface area contributed by atoms with Gasteiger partial charge in [0.1, 0.15) is 0 Å². The number of aromatic nitrogens is 2. The fraction of sp³-hybridized carbons (Fsp3) is 0.217. The van der Waals surface area contributed by atoms with Crippen molar-refractivity contribution in [3.63, 3.8) is 0 Å². The van der Waals surface area contributed by atoms with Crippen molar-refractivity contribution in [2.45, 2.75) is 12.8 Å². The number of quaternary nitrogens is 1. The predicted octanol–water partition coefficient (Wildman–Crippen LogP) is 1.77. The van der Waals surface area contributed by atoms with Gasteiger partial charge < -0.3 is 24.8 Å². The SMILES string of the molecule is NC/C(=C\C=C/[NH2+]COP(=O)(O)O)c1cc(Cc2ccc(OCCc3ccccc3)nc2)no1. The Kier molecular flexibility index (Phi) is 9.72. The van der Waals surface area contributed by atoms with E-state index in [1.165, 1.54) is 10.9 Å². The standard InChI is InChI=1S/C23H27N4O6P/c24-15-20(7-4-11-25-17-32-34(28,29)30)22-14-21(27-33-22)13-19-8-9-23(26-16-19)31-12-10-18-5-2-1-3-6-18/h1-9,11,14,16,25H,10,12-13,15,17,24H2,(H2,28,29,30)/p+1/b11-4-,20-7+. The summed E-state index contributed by atoms with van der Waals surface area (Å²) in [6, 6.07) is 15.7. The van der Waals surface area contributed by atoms with Gasteiger partial charge in [-0.15, -0.1) is 0 Å². The van der Waals surface area contributed by atoms with Crippen LogP contribution in [0.2, 0.25) is 0 Å². The first-order valence-electron chi connectivity index (χ1n) is 10.6. The van der Waals surface area contributed by atoms with Gasteiger partial charge in [-0.3, -0.25) is 5.32 Å². The predicted molar refractivity (Wildman–Crippen MR) is 125 cm³/mol. The molecule has 6 N–H and O–H groups in total. The topological polar surface area (TPSA) is 158 Å². The molecule has 0 aliphatic rings. The first-order chi connectivity index (χ1) is 16.4. The van der Waals surface area contributed by atoms with E-state index in [9.17, 15) is 4.57 Å². The summed E-state index contributed by atoms with van der Waals surface area (Å²) in [5, 5.41) is 5.57. The van der Waals surface area contributed by atoms with Crippen molar-refractivity contribution in [1.82, 2.24) is 10.1 Å². The molecule has 0 radical (unpaired) electrons. The van der Waals surface area contributed by atoms with Crippen LogP contribution in [0.15, 0.2) is 77.6 Å². The summed E-state index contributed by atoms with van der Waals surface area (Å²) in [5.41, 5.74) is 9.45. The molecule has 0 saturated carbocycles. The second-order valence-electron chi connectivity index (χ2n) is 7.25. The van der Waals surface area contributed by atoms with Crippen LogP contribution in [-0.2, 0) is 21.9 Å². The highest BCUT2D eigenvalue weighted by molar-refractivity contribution is 7.46. The van der Waals surface area contributed by atoms with Crippen molar-refractivity contribution in [2.24, 2.45) is 5.73 Å². The van der Waals surface area contributed by atoms with Gasteiger partial charge in [0, 0.05) is 43.3 Å². The summed E-state index contributed by atoms with van der Waals surface area (Å²) < 4.78 is 26.1. The van der Waals surface area contributed by atoms with Crippen LogP contribution in [0.3, 0.4) is 0 Å². The van der Waals surface area contributed by atoms with E-state index in [2.05, 4.69) is 26.8 Å². The molecule has 0 saturated heterocycles. The number of ether oxygens (including phenoxy) is 1. The van der Waals surface area contributed by atoms with Crippen molar-refractivity contribution in [3.05, 3.63) is 95.7 Å². The molecule has 0 amide bonds. The smallest absolute Gasteiger partial charge is 0.474 e. The van der Waals surface area contributed by atoms with Crippen LogP contribution < -0.4 is 15.8 Å². The van der Waals surface area contributed by atoms with Gasteiger partial charge >= 0.3 is 7.82 Å². The van der Waals surface area contributed by atoms with Gasteiger partial charge in [0.2, 0.25) is 5.88 Å². The third-order valence-corrected chi connectivity index (χ3v) is 5.13. The normalized spacial score (nSPS) is 12.4. The van der Waals surface area contributed by atoms with Gasteiger partial charge in [-0.25, -0.2) is 14.1 Å². The average molecular weight is 487 g/mol. The number of nitrogens with zero attached hydrogens (tertiary/aromatic N) is 2. The van der Waals surface area contributed by atoms with Crippen LogP contribution in [0.25, 0.3) is 5.57 Å². The Morgan fingerprint density at radius 1 is 1.18 bits per heavy atom. The Bertz CT molecular complexity index is 1130. The number of phosphoric acid groups is 1. The second-order valence-corrected chi connectivity index (χ2v) is 8.49. The maximum absolute atomic E-state index is 10.6. The average Bonchev–Trinajstić information content (AvgIpc) is 3.28. The number of pyridine rings is 1. The van der Waals surface area contributed by atoms with E-state index in [0.717, 1.165) is 23.3 Å². The number of benzene rings is 1. The fourth-order valence-corrected chi connectivity index (χ4v) is 3.25. The lowest BCUT2D eigenvalue weighted by Crippen LogP contribution is -2.78. The molecule has 1 aromatic carbocycles. The lowest BCUT2D eigenvalue weighted by atomic mass is 10.1. The molecule has 0 fully saturated rings. The van der Waals surface area contributed by atoms with Gasteiger partial charge in [0.05, 0.1) is 18.5 Å². The van der Waals surface area contributed by atoms with Crippen molar-refractivity contribution in [1.29, 1.82) is 0 Å². The molecular formula is C23H28N4O6P+. The first kappa shape index (κ1) is 25.5. The Morgan fingerprint density at radius 2 is 2.00 bits per heavy atom. The van der Waals surface area contributed by atoms with E-state index in [1.807, 2.05) is 36.4 Å². The van der Waals surface area contributed by atoms with Crippen LogP contribution in [0, 0.1) is 0 Å². The summed E-state index contributed by atoms with van der Waals surface area (Å²) in [6.07, 6.45) is 8.12. The van der Waals surface area contributed by atoms with Crippen LogP contribution in [0.1, 0.15) is 22.6 Å². The van der Waals surface area contributed by atoms with Gasteiger partial charge in [-0.2, -0.15) is 0 Å². The van der Waals surface area contributed by atoms with Crippen molar-refractivity contribution in [2.75, 3.05) is 19.9 Å². The van der Waals surface area contributed by atoms with Crippen LogP contribution >= 0.6 is 7.82 Å². The molecule has 0 unspecified atom stereocenters. The molecule has 180 valence electrons. The maximum Gasteiger partial charge on any atom is 0.474 e. The van der Waals surface area contributed by atoms with Crippen molar-refractivity contribution in [3.8, 4) is 5.88 Å². The Hall–Kier alpha value is -3.11. The minimum Gasteiger partial charge on any atom is -0.477 e. The number of hydrogen-bond donors (Lipinski definition) is 4. The summed E-state index contributed by atoms with van der Waals surface area (Å²) in [6.45, 7) is 0.582. The van der Waals surface area contributed by atoms with E-state index in [-0.39, 0.29) is 13.3 Å². The quantitative estimate of drug-likeness (QED) is 0.122. The van der Waals surface area contributed by atoms with Crippen LogP contribution in [-0.4, -0.2) is 39.8 Å². The molecule has 2 heterocycles. The van der Waals surface area contributed by atoms with Gasteiger partial charge in [-0.1, -0.05) is 41.6 Å². The zero-order valence-corrected chi connectivity index (χ0v) is 19.4. The molecule has 0 bridgehead atoms. The van der Waals surface area contributed by atoms with Gasteiger partial charge in [0.25, 0.3) is 0 Å². The van der Waals surface area contributed by atoms with E-state index in [1.54, 1.807) is 24.5 Å². The van der Waals surface area contributed by atoms with E-state index in [4.69, 9.17) is 24.8 Å². The Balaban J connectivity index is 1.48. The monoisotopic (exact) mass is 487 g/mol. The second kappa shape index (κ2) is 13.0. The van der Waals surface area contributed by atoms with E-state index < -0.39 is 7.82 Å². The first-order valence-corrected chi connectivity index (χ1v) is 12.1. The summed E-state index contributed by atoms with van der Waals surface area (Å²) in [5.74, 6) is 1.12. The fourth-order valence-electron chi connectivity index (χ4n) is 2.97. The lowest BCUT2D eigenvalue weighted by molar-refractivity contribution is -0.617. The maximum atomic E-state index is 10.6. The van der Waals surface area contributed by atoms with Crippen LogP contribution in [0.4, 0.5) is 0 Å². The minimum atomic E-state index is -4.47. The molecule has 11 heteroatoms. The molecule has 2 aromatic heterocycles. The Morgan fingerprint density at radius 3 is 2.71 bits per heavy atom. The van der Waals surface area contributed by atoms with Crippen molar-refractivity contribution >= 4 is 13.4 Å². The van der Waals surface area contributed by atoms with Crippen LogP contribution in [0.5, 0.6) is 5.88 Å². The largest absolute Gasteiger partial charge is 0.477 e. The molecule has 10 nitrogen and oxygen atoms in total. The van der Waals surface area contributed by atoms with Gasteiger partial charge in [0.15, 0.2) is 12.5 Å². The molecular weight excluding hydrogens is 459 g/mol. The highest BCUT2D eigenvalue weighted by atomic mass is 31.2. The summed E-state index contributed by atoms with van der Waals surface area (Å²) in [7, 11) is -4.47. The highest BCUT2D eigenvalue weighted by Gasteiger charge is 2.13. The molecule has 0 spiro atoms. The van der Waals surface area contributed by atoms with Crippen molar-refractivity contribution < 1.29 is 33.5 Å². The molecule has 0 aliphatic carbocycles. The zero-order chi connectivity index (χ0) is 24.2. The molecule has 3 rings (SSSR count). The minimum absolute atomic E-state index is 0.204. The number of phosphoric ester groups is 1. The zero-order valence-electron chi connectivity index (χ0n) is 18.5. The summed E-state index contributed by atoms with van der Waals surface area (Å²) in [4.78, 5) is 21.6.